The van der Waals surface area contributed by atoms with E-state index < -0.39 is 0 Å². The Balaban J connectivity index is 1.87. The molecule has 4 nitrogen and oxygen atoms in total. The zero-order valence-corrected chi connectivity index (χ0v) is 8.96. The van der Waals surface area contributed by atoms with Crippen molar-refractivity contribution in [3.05, 3.63) is 11.3 Å². The average Bonchev–Trinajstić information content (AvgIpc) is 2.74. The molecule has 15 heavy (non-hydrogen) atoms. The molecule has 2 aliphatic heterocycles. The van der Waals surface area contributed by atoms with Gasteiger partial charge in [-0.25, -0.2) is 0 Å². The molecular weight excluding hydrogens is 190 g/mol. The Kier molecular flexibility index (Phi) is 2.37. The summed E-state index contributed by atoms with van der Waals surface area (Å²) in [4.78, 5) is 2.39. The summed E-state index contributed by atoms with van der Waals surface area (Å²) in [6, 6.07) is 0. The van der Waals surface area contributed by atoms with Crippen LogP contribution in [0, 0.1) is 0 Å². The summed E-state index contributed by atoms with van der Waals surface area (Å²) in [6.07, 6.45) is 5.00. The second kappa shape index (κ2) is 3.85. The maximum absolute atomic E-state index is 5.39. The lowest BCUT2D eigenvalue weighted by Gasteiger charge is -2.27. The van der Waals surface area contributed by atoms with Crippen LogP contribution in [0.15, 0.2) is 4.52 Å². The number of fused-ring (bicyclic) bond motifs is 1. The van der Waals surface area contributed by atoms with Crippen molar-refractivity contribution in [3.8, 4) is 0 Å². The first-order chi connectivity index (χ1) is 7.45. The van der Waals surface area contributed by atoms with Gasteiger partial charge in [-0.3, -0.25) is 0 Å². The van der Waals surface area contributed by atoms with Crippen molar-refractivity contribution in [1.82, 2.24) is 10.5 Å². The van der Waals surface area contributed by atoms with Crippen LogP contribution in [0.3, 0.4) is 0 Å². The molecule has 0 aliphatic carbocycles. The van der Waals surface area contributed by atoms with E-state index in [-0.39, 0.29) is 0 Å². The topological polar surface area (TPSA) is 41.3 Å². The fraction of sp³-hybridized carbons (Fsp3) is 0.727. The van der Waals surface area contributed by atoms with E-state index in [2.05, 4.69) is 15.4 Å². The Morgan fingerprint density at radius 2 is 2.07 bits per heavy atom. The molecule has 0 bridgehead atoms. The van der Waals surface area contributed by atoms with Crippen molar-refractivity contribution in [2.24, 2.45) is 0 Å². The Morgan fingerprint density at radius 3 is 2.93 bits per heavy atom. The number of hydrogen-bond donors (Lipinski definition) is 1. The summed E-state index contributed by atoms with van der Waals surface area (Å²) >= 11 is 0. The van der Waals surface area contributed by atoms with E-state index in [0.717, 1.165) is 44.2 Å². The first-order valence-corrected chi connectivity index (χ1v) is 5.88. The molecule has 0 unspecified atom stereocenters. The molecule has 3 heterocycles. The highest BCUT2D eigenvalue weighted by Gasteiger charge is 2.23. The number of anilines is 1. The van der Waals surface area contributed by atoms with E-state index in [0.29, 0.717) is 0 Å². The van der Waals surface area contributed by atoms with Crippen LogP contribution in [0.2, 0.25) is 0 Å². The first kappa shape index (κ1) is 9.21. The lowest BCUT2D eigenvalue weighted by molar-refractivity contribution is 0.364. The van der Waals surface area contributed by atoms with Gasteiger partial charge in [-0.15, -0.1) is 0 Å². The fourth-order valence-corrected chi connectivity index (χ4v) is 2.49. The fourth-order valence-electron chi connectivity index (χ4n) is 2.49. The number of rotatable bonds is 1. The molecule has 0 spiro atoms. The molecule has 82 valence electrons. The van der Waals surface area contributed by atoms with Gasteiger partial charge in [0.05, 0.1) is 6.54 Å². The van der Waals surface area contributed by atoms with Crippen LogP contribution in [0.4, 0.5) is 5.82 Å². The van der Waals surface area contributed by atoms with Crippen molar-refractivity contribution in [2.45, 2.75) is 32.2 Å². The van der Waals surface area contributed by atoms with E-state index in [4.69, 9.17) is 4.52 Å². The molecule has 3 rings (SSSR count). The summed E-state index contributed by atoms with van der Waals surface area (Å²) in [7, 11) is 0. The molecule has 0 saturated carbocycles. The predicted molar refractivity (Wildman–Crippen MR) is 58.0 cm³/mol. The van der Waals surface area contributed by atoms with Gasteiger partial charge in [-0.2, -0.15) is 0 Å². The molecule has 1 aromatic heterocycles. The zero-order chi connectivity index (χ0) is 10.1. The lowest BCUT2D eigenvalue weighted by atomic mass is 10.1. The van der Waals surface area contributed by atoms with Crippen molar-refractivity contribution >= 4 is 5.82 Å². The van der Waals surface area contributed by atoms with Crippen LogP contribution >= 0.6 is 0 Å². The predicted octanol–water partition coefficient (Wildman–Crippen LogP) is 1.31. The number of hydrogen-bond acceptors (Lipinski definition) is 4. The van der Waals surface area contributed by atoms with Crippen LogP contribution in [-0.4, -0.2) is 24.8 Å². The van der Waals surface area contributed by atoms with Gasteiger partial charge in [0.25, 0.3) is 0 Å². The van der Waals surface area contributed by atoms with Gasteiger partial charge in [0, 0.05) is 18.7 Å². The minimum absolute atomic E-state index is 0.843. The summed E-state index contributed by atoms with van der Waals surface area (Å²) in [5.74, 6) is 2.16. The molecule has 0 amide bonds. The summed E-state index contributed by atoms with van der Waals surface area (Å²) in [6.45, 7) is 4.18. The first-order valence-electron chi connectivity index (χ1n) is 5.88. The van der Waals surface area contributed by atoms with E-state index in [1.165, 1.54) is 24.8 Å². The molecule has 4 heteroatoms. The number of piperidine rings is 1. The number of nitrogens with one attached hydrogen (secondary N) is 1. The van der Waals surface area contributed by atoms with E-state index in [1.54, 1.807) is 0 Å². The Hall–Kier alpha value is -1.03. The second-order valence-electron chi connectivity index (χ2n) is 4.38. The lowest BCUT2D eigenvalue weighted by Crippen LogP contribution is -2.31. The van der Waals surface area contributed by atoms with Crippen molar-refractivity contribution < 1.29 is 4.52 Å². The third-order valence-electron chi connectivity index (χ3n) is 3.34. The molecule has 0 aromatic carbocycles. The SMILES string of the molecule is C1CCN(c2noc3c2CCNC3)CC1. The monoisotopic (exact) mass is 207 g/mol. The Labute approximate surface area is 89.6 Å². The number of aromatic nitrogens is 1. The Morgan fingerprint density at radius 1 is 1.20 bits per heavy atom. The second-order valence-corrected chi connectivity index (χ2v) is 4.38. The minimum Gasteiger partial charge on any atom is -0.358 e. The van der Waals surface area contributed by atoms with E-state index in [1.807, 2.05) is 0 Å². The van der Waals surface area contributed by atoms with Crippen LogP contribution in [0.5, 0.6) is 0 Å². The third-order valence-corrected chi connectivity index (χ3v) is 3.34. The molecule has 1 fully saturated rings. The quantitative estimate of drug-likeness (QED) is 0.754. The maximum Gasteiger partial charge on any atom is 0.175 e. The van der Waals surface area contributed by atoms with Crippen LogP contribution in [-0.2, 0) is 13.0 Å². The van der Waals surface area contributed by atoms with Gasteiger partial charge >= 0.3 is 0 Å². The molecular formula is C11H17N3O. The highest BCUT2D eigenvalue weighted by molar-refractivity contribution is 5.49. The van der Waals surface area contributed by atoms with Crippen LogP contribution < -0.4 is 10.2 Å². The highest BCUT2D eigenvalue weighted by atomic mass is 16.5. The standard InChI is InChI=1S/C11H17N3O/c1-2-6-14(7-3-1)11-9-4-5-12-8-10(9)15-13-11/h12H,1-8H2. The number of nitrogens with zero attached hydrogens (tertiary/aromatic N) is 2. The van der Waals surface area contributed by atoms with Gasteiger partial charge in [-0.1, -0.05) is 5.16 Å². The Bertz CT molecular complexity index is 342. The molecule has 0 atom stereocenters. The summed E-state index contributed by atoms with van der Waals surface area (Å²) in [5, 5.41) is 7.54. The largest absolute Gasteiger partial charge is 0.358 e. The normalized spacial score (nSPS) is 21.5. The van der Waals surface area contributed by atoms with Gasteiger partial charge in [0.2, 0.25) is 0 Å². The van der Waals surface area contributed by atoms with Crippen LogP contribution in [0.1, 0.15) is 30.6 Å². The van der Waals surface area contributed by atoms with E-state index in [9.17, 15) is 0 Å². The van der Waals surface area contributed by atoms with Gasteiger partial charge in [-0.05, 0) is 32.2 Å². The van der Waals surface area contributed by atoms with Crippen molar-refractivity contribution in [2.75, 3.05) is 24.5 Å². The molecule has 2 aliphatic rings. The van der Waals surface area contributed by atoms with Crippen LogP contribution in [0.25, 0.3) is 0 Å². The highest BCUT2D eigenvalue weighted by Crippen LogP contribution is 2.27. The maximum atomic E-state index is 5.39. The molecule has 1 aromatic rings. The summed E-state index contributed by atoms with van der Waals surface area (Å²) in [5.41, 5.74) is 1.34. The van der Waals surface area contributed by atoms with Crippen molar-refractivity contribution in [1.29, 1.82) is 0 Å². The zero-order valence-electron chi connectivity index (χ0n) is 8.96. The average molecular weight is 207 g/mol. The smallest absolute Gasteiger partial charge is 0.175 e. The van der Waals surface area contributed by atoms with Gasteiger partial charge in [0.15, 0.2) is 11.6 Å². The minimum atomic E-state index is 0.843. The van der Waals surface area contributed by atoms with Crippen molar-refractivity contribution in [3.63, 3.8) is 0 Å². The third kappa shape index (κ3) is 1.63. The van der Waals surface area contributed by atoms with E-state index >= 15 is 0 Å². The summed E-state index contributed by atoms with van der Waals surface area (Å²) < 4.78 is 5.39. The van der Waals surface area contributed by atoms with Gasteiger partial charge < -0.3 is 14.7 Å². The molecule has 0 radical (unpaired) electrons. The molecule has 1 N–H and O–H groups in total. The van der Waals surface area contributed by atoms with Gasteiger partial charge in [0.1, 0.15) is 0 Å². The molecule has 1 saturated heterocycles.